The van der Waals surface area contributed by atoms with Crippen LogP contribution in [0.3, 0.4) is 0 Å². The van der Waals surface area contributed by atoms with Gasteiger partial charge in [-0.25, -0.2) is 4.79 Å². The lowest BCUT2D eigenvalue weighted by atomic mass is 9.91. The maximum atomic E-state index is 11.6. The summed E-state index contributed by atoms with van der Waals surface area (Å²) >= 11 is 0. The first-order valence-electron chi connectivity index (χ1n) is 5.68. The molecule has 5 heteroatoms. The Morgan fingerprint density at radius 1 is 1.47 bits per heavy atom. The lowest BCUT2D eigenvalue weighted by molar-refractivity contribution is 0.0851. The third-order valence-electron chi connectivity index (χ3n) is 3.85. The van der Waals surface area contributed by atoms with Gasteiger partial charge in [-0.1, -0.05) is 5.22 Å². The highest BCUT2D eigenvalue weighted by molar-refractivity contribution is 5.68. The van der Waals surface area contributed by atoms with Crippen LogP contribution in [0.1, 0.15) is 26.2 Å². The van der Waals surface area contributed by atoms with Crippen molar-refractivity contribution < 1.29 is 9.53 Å². The monoisotopic (exact) mass is 209 g/mol. The Hall–Kier alpha value is -1.13. The topological polar surface area (TPSA) is 54.3 Å². The molecule has 0 radical (unpaired) electrons. The molecule has 2 aliphatic carbocycles. The van der Waals surface area contributed by atoms with Crippen molar-refractivity contribution in [2.45, 2.75) is 38.3 Å². The molecule has 2 saturated carbocycles. The van der Waals surface area contributed by atoms with Crippen molar-refractivity contribution in [2.24, 2.45) is 22.2 Å². The van der Waals surface area contributed by atoms with Gasteiger partial charge in [0.2, 0.25) is 0 Å². The number of nitrogens with zero attached hydrogens (tertiary/aromatic N) is 3. The van der Waals surface area contributed by atoms with Crippen LogP contribution in [-0.4, -0.2) is 29.8 Å². The summed E-state index contributed by atoms with van der Waals surface area (Å²) in [6.07, 6.45) is 3.35. The van der Waals surface area contributed by atoms with E-state index >= 15 is 0 Å². The molecule has 1 heterocycles. The first-order chi connectivity index (χ1) is 7.31. The SMILES string of the molecule is CCOC(=O)N1N=N[C@@H]2[C@H]3CC[C@H](C3)[C@@H]21. The quantitative estimate of drug-likeness (QED) is 0.663. The highest BCUT2D eigenvalue weighted by Gasteiger charge is 2.55. The summed E-state index contributed by atoms with van der Waals surface area (Å²) in [7, 11) is 0. The summed E-state index contributed by atoms with van der Waals surface area (Å²) in [5, 5.41) is 9.65. The van der Waals surface area contributed by atoms with Gasteiger partial charge in [-0.3, -0.25) is 0 Å². The molecule has 0 unspecified atom stereocenters. The van der Waals surface area contributed by atoms with Crippen molar-refractivity contribution in [3.8, 4) is 0 Å². The van der Waals surface area contributed by atoms with E-state index in [1.165, 1.54) is 24.3 Å². The van der Waals surface area contributed by atoms with E-state index in [1.54, 1.807) is 0 Å². The molecule has 3 aliphatic rings. The zero-order valence-corrected chi connectivity index (χ0v) is 8.80. The van der Waals surface area contributed by atoms with Gasteiger partial charge in [0.15, 0.2) is 0 Å². The van der Waals surface area contributed by atoms with Crippen LogP contribution in [0.4, 0.5) is 4.79 Å². The number of amides is 1. The van der Waals surface area contributed by atoms with E-state index in [9.17, 15) is 4.79 Å². The molecule has 2 fully saturated rings. The van der Waals surface area contributed by atoms with Gasteiger partial charge < -0.3 is 4.74 Å². The predicted octanol–water partition coefficient (Wildman–Crippen LogP) is 1.99. The molecular weight excluding hydrogens is 194 g/mol. The molecule has 1 aliphatic heterocycles. The minimum Gasteiger partial charge on any atom is -0.448 e. The zero-order chi connectivity index (χ0) is 10.4. The molecular formula is C10H15N3O2. The summed E-state index contributed by atoms with van der Waals surface area (Å²) < 4.78 is 4.97. The van der Waals surface area contributed by atoms with Crippen LogP contribution >= 0.6 is 0 Å². The molecule has 1 amide bonds. The molecule has 0 N–H and O–H groups in total. The fourth-order valence-corrected chi connectivity index (χ4v) is 3.26. The summed E-state index contributed by atoms with van der Waals surface area (Å²) in [5.41, 5.74) is 0. The predicted molar refractivity (Wildman–Crippen MR) is 52.1 cm³/mol. The first kappa shape index (κ1) is 9.12. The molecule has 5 nitrogen and oxygen atoms in total. The van der Waals surface area contributed by atoms with Gasteiger partial charge >= 0.3 is 6.09 Å². The molecule has 4 atom stereocenters. The Morgan fingerprint density at radius 2 is 2.27 bits per heavy atom. The molecule has 15 heavy (non-hydrogen) atoms. The average Bonchev–Trinajstić information content (AvgIpc) is 2.90. The number of rotatable bonds is 1. The smallest absolute Gasteiger partial charge is 0.432 e. The summed E-state index contributed by atoms with van der Waals surface area (Å²) in [6.45, 7) is 2.21. The number of hydrogen-bond acceptors (Lipinski definition) is 4. The van der Waals surface area contributed by atoms with Crippen LogP contribution in [0.5, 0.6) is 0 Å². The van der Waals surface area contributed by atoms with Gasteiger partial charge in [-0.2, -0.15) is 10.1 Å². The maximum Gasteiger partial charge on any atom is 0.432 e. The largest absolute Gasteiger partial charge is 0.448 e. The van der Waals surface area contributed by atoms with Gasteiger partial charge in [0.25, 0.3) is 0 Å². The van der Waals surface area contributed by atoms with E-state index in [-0.39, 0.29) is 18.2 Å². The van der Waals surface area contributed by atoms with Crippen molar-refractivity contribution in [2.75, 3.05) is 6.61 Å². The number of carbonyl (C=O) groups excluding carboxylic acids is 1. The minimum absolute atomic E-state index is 0.197. The van der Waals surface area contributed by atoms with E-state index in [2.05, 4.69) is 10.3 Å². The normalized spacial score (nSPS) is 41.0. The Morgan fingerprint density at radius 3 is 3.07 bits per heavy atom. The molecule has 0 saturated heterocycles. The fourth-order valence-electron chi connectivity index (χ4n) is 3.26. The second-order valence-corrected chi connectivity index (χ2v) is 4.56. The molecule has 82 valence electrons. The van der Waals surface area contributed by atoms with Crippen molar-refractivity contribution in [1.82, 2.24) is 5.01 Å². The summed E-state index contributed by atoms with van der Waals surface area (Å²) in [5.74, 6) is 1.25. The summed E-state index contributed by atoms with van der Waals surface area (Å²) in [6, 6.07) is 0.455. The molecule has 2 bridgehead atoms. The van der Waals surface area contributed by atoms with Crippen LogP contribution in [0.15, 0.2) is 10.3 Å². The lowest BCUT2D eigenvalue weighted by Crippen LogP contribution is -2.42. The van der Waals surface area contributed by atoms with Crippen molar-refractivity contribution in [3.63, 3.8) is 0 Å². The Labute approximate surface area is 88.5 Å². The average molecular weight is 209 g/mol. The molecule has 0 aromatic heterocycles. The van der Waals surface area contributed by atoms with Crippen LogP contribution in [-0.2, 0) is 4.74 Å². The number of ether oxygens (including phenoxy) is 1. The molecule has 3 rings (SSSR count). The fraction of sp³-hybridized carbons (Fsp3) is 0.900. The number of carbonyl (C=O) groups is 1. The van der Waals surface area contributed by atoms with E-state index in [0.717, 1.165) is 0 Å². The standard InChI is InChI=1S/C10H15N3O2/c1-2-15-10(14)13-9-7-4-3-6(5-7)8(9)11-12-13/h6-9H,2-5H2,1H3/t6-,7+,8+,9-/m0/s1. The molecule has 0 aromatic rings. The van der Waals surface area contributed by atoms with Gasteiger partial charge in [0, 0.05) is 0 Å². The Bertz CT molecular complexity index is 318. The number of hydrogen-bond donors (Lipinski definition) is 0. The van der Waals surface area contributed by atoms with Crippen LogP contribution in [0.25, 0.3) is 0 Å². The zero-order valence-electron chi connectivity index (χ0n) is 8.80. The van der Waals surface area contributed by atoms with Crippen molar-refractivity contribution >= 4 is 6.09 Å². The van der Waals surface area contributed by atoms with E-state index in [4.69, 9.17) is 4.74 Å². The van der Waals surface area contributed by atoms with E-state index in [1.807, 2.05) is 6.92 Å². The van der Waals surface area contributed by atoms with Crippen LogP contribution in [0.2, 0.25) is 0 Å². The number of fused-ring (bicyclic) bond motifs is 5. The molecule has 0 aromatic carbocycles. The first-order valence-corrected chi connectivity index (χ1v) is 5.68. The second-order valence-electron chi connectivity index (χ2n) is 4.56. The highest BCUT2D eigenvalue weighted by atomic mass is 16.6. The van der Waals surface area contributed by atoms with Crippen molar-refractivity contribution in [3.05, 3.63) is 0 Å². The van der Waals surface area contributed by atoms with Gasteiger partial charge in [-0.05, 0) is 38.0 Å². The van der Waals surface area contributed by atoms with Crippen LogP contribution < -0.4 is 0 Å². The maximum absolute atomic E-state index is 11.6. The van der Waals surface area contributed by atoms with E-state index in [0.29, 0.717) is 18.4 Å². The highest BCUT2D eigenvalue weighted by Crippen LogP contribution is 2.50. The lowest BCUT2D eigenvalue weighted by Gasteiger charge is -2.26. The second kappa shape index (κ2) is 3.18. The van der Waals surface area contributed by atoms with Gasteiger partial charge in [0.05, 0.1) is 18.7 Å². The van der Waals surface area contributed by atoms with Crippen molar-refractivity contribution in [1.29, 1.82) is 0 Å². The summed E-state index contributed by atoms with van der Waals surface area (Å²) in [4.78, 5) is 11.6. The van der Waals surface area contributed by atoms with Gasteiger partial charge in [-0.15, -0.1) is 0 Å². The Balaban J connectivity index is 1.78. The minimum atomic E-state index is -0.332. The molecule has 0 spiro atoms. The Kier molecular flexibility index (Phi) is 1.94. The van der Waals surface area contributed by atoms with Gasteiger partial charge in [0.1, 0.15) is 0 Å². The third kappa shape index (κ3) is 1.18. The van der Waals surface area contributed by atoms with Crippen LogP contribution in [0, 0.1) is 11.8 Å². The third-order valence-corrected chi connectivity index (χ3v) is 3.85. The van der Waals surface area contributed by atoms with E-state index < -0.39 is 0 Å².